The number of aliphatic hydroxyl groups excluding tert-OH is 1. The molecule has 19 heavy (non-hydrogen) atoms. The summed E-state index contributed by atoms with van der Waals surface area (Å²) in [5.74, 6) is -0.0737. The smallest absolute Gasteiger partial charge is 0.339 e. The summed E-state index contributed by atoms with van der Waals surface area (Å²) in [6.07, 6.45) is 3.30. The SMILES string of the molecule is COC(=O)C(O)c1c(C)cccc1OC1CCCC1. The van der Waals surface area contributed by atoms with Crippen molar-refractivity contribution < 1.29 is 19.4 Å². The van der Waals surface area contributed by atoms with Crippen LogP contribution in [-0.2, 0) is 9.53 Å². The van der Waals surface area contributed by atoms with Crippen molar-refractivity contribution >= 4 is 5.97 Å². The molecule has 0 radical (unpaired) electrons. The maximum Gasteiger partial charge on any atom is 0.339 e. The van der Waals surface area contributed by atoms with Crippen molar-refractivity contribution in [3.63, 3.8) is 0 Å². The van der Waals surface area contributed by atoms with Crippen molar-refractivity contribution in [1.29, 1.82) is 0 Å². The molecule has 4 nitrogen and oxygen atoms in total. The Morgan fingerprint density at radius 2 is 2.05 bits per heavy atom. The van der Waals surface area contributed by atoms with Gasteiger partial charge in [0.25, 0.3) is 0 Å². The summed E-state index contributed by atoms with van der Waals surface area (Å²) in [6, 6.07) is 5.52. The summed E-state index contributed by atoms with van der Waals surface area (Å²) in [6.45, 7) is 1.85. The fourth-order valence-electron chi connectivity index (χ4n) is 2.52. The van der Waals surface area contributed by atoms with Gasteiger partial charge in [-0.2, -0.15) is 0 Å². The number of aliphatic hydroxyl groups is 1. The topological polar surface area (TPSA) is 55.8 Å². The zero-order valence-electron chi connectivity index (χ0n) is 11.4. The van der Waals surface area contributed by atoms with Gasteiger partial charge in [-0.1, -0.05) is 12.1 Å². The number of hydrogen-bond acceptors (Lipinski definition) is 4. The molecule has 0 saturated heterocycles. The molecule has 4 heteroatoms. The average Bonchev–Trinajstić information content (AvgIpc) is 2.90. The van der Waals surface area contributed by atoms with Crippen molar-refractivity contribution in [2.45, 2.75) is 44.8 Å². The van der Waals surface area contributed by atoms with E-state index in [-0.39, 0.29) is 6.10 Å². The molecule has 1 unspecified atom stereocenters. The van der Waals surface area contributed by atoms with Gasteiger partial charge in [-0.05, 0) is 44.2 Å². The number of benzene rings is 1. The normalized spacial score (nSPS) is 17.2. The highest BCUT2D eigenvalue weighted by atomic mass is 16.5. The number of rotatable bonds is 4. The second-order valence-electron chi connectivity index (χ2n) is 4.94. The minimum absolute atomic E-state index is 0.186. The highest BCUT2D eigenvalue weighted by Crippen LogP contribution is 2.32. The zero-order chi connectivity index (χ0) is 13.8. The Balaban J connectivity index is 2.26. The molecule has 1 aliphatic rings. The Labute approximate surface area is 113 Å². The van der Waals surface area contributed by atoms with E-state index in [1.54, 1.807) is 6.07 Å². The third-order valence-corrected chi connectivity index (χ3v) is 3.58. The Bertz CT molecular complexity index is 449. The van der Waals surface area contributed by atoms with Gasteiger partial charge in [-0.15, -0.1) is 0 Å². The van der Waals surface area contributed by atoms with Crippen LogP contribution >= 0.6 is 0 Å². The molecule has 104 valence electrons. The van der Waals surface area contributed by atoms with Crippen LogP contribution in [0.2, 0.25) is 0 Å². The molecule has 1 saturated carbocycles. The van der Waals surface area contributed by atoms with Crippen LogP contribution in [0.25, 0.3) is 0 Å². The molecule has 1 N–H and O–H groups in total. The highest BCUT2D eigenvalue weighted by molar-refractivity contribution is 5.77. The monoisotopic (exact) mass is 264 g/mol. The molecule has 0 spiro atoms. The number of aryl methyl sites for hydroxylation is 1. The largest absolute Gasteiger partial charge is 0.490 e. The van der Waals surface area contributed by atoms with Crippen molar-refractivity contribution in [3.8, 4) is 5.75 Å². The summed E-state index contributed by atoms with van der Waals surface area (Å²) in [5, 5.41) is 10.1. The molecule has 1 aromatic carbocycles. The standard InChI is InChI=1S/C15H20O4/c1-10-6-5-9-12(19-11-7-3-4-8-11)13(10)14(16)15(17)18-2/h5-6,9,11,14,16H,3-4,7-8H2,1-2H3. The molecular weight excluding hydrogens is 244 g/mol. The van der Waals surface area contributed by atoms with Crippen molar-refractivity contribution in [2.24, 2.45) is 0 Å². The number of methoxy groups -OCH3 is 1. The maximum atomic E-state index is 11.5. The van der Waals surface area contributed by atoms with Gasteiger partial charge >= 0.3 is 5.97 Å². The average molecular weight is 264 g/mol. The minimum Gasteiger partial charge on any atom is -0.490 e. The summed E-state index contributed by atoms with van der Waals surface area (Å²) < 4.78 is 10.5. The first kappa shape index (κ1) is 13.9. The van der Waals surface area contributed by atoms with Gasteiger partial charge in [-0.3, -0.25) is 0 Å². The second-order valence-corrected chi connectivity index (χ2v) is 4.94. The second kappa shape index (κ2) is 6.06. The molecular formula is C15H20O4. The van der Waals surface area contributed by atoms with E-state index in [0.717, 1.165) is 18.4 Å². The quantitative estimate of drug-likeness (QED) is 0.849. The van der Waals surface area contributed by atoms with Crippen LogP contribution < -0.4 is 4.74 Å². The van der Waals surface area contributed by atoms with Crippen molar-refractivity contribution in [2.75, 3.05) is 7.11 Å². The number of carbonyl (C=O) groups excluding carboxylic acids is 1. The van der Waals surface area contributed by atoms with Gasteiger partial charge in [0.2, 0.25) is 0 Å². The third-order valence-electron chi connectivity index (χ3n) is 3.58. The first-order valence-corrected chi connectivity index (χ1v) is 6.65. The Kier molecular flexibility index (Phi) is 4.43. The fraction of sp³-hybridized carbons (Fsp3) is 0.533. The Morgan fingerprint density at radius 3 is 2.68 bits per heavy atom. The fourth-order valence-corrected chi connectivity index (χ4v) is 2.52. The van der Waals surface area contributed by atoms with E-state index >= 15 is 0 Å². The summed E-state index contributed by atoms with van der Waals surface area (Å²) in [7, 11) is 1.27. The van der Waals surface area contributed by atoms with E-state index in [1.807, 2.05) is 19.1 Å². The van der Waals surface area contributed by atoms with Crippen molar-refractivity contribution in [3.05, 3.63) is 29.3 Å². The molecule has 2 rings (SSSR count). The first-order valence-electron chi connectivity index (χ1n) is 6.65. The first-order chi connectivity index (χ1) is 9.13. The lowest BCUT2D eigenvalue weighted by Crippen LogP contribution is -2.18. The lowest BCUT2D eigenvalue weighted by Gasteiger charge is -2.20. The summed E-state index contributed by atoms with van der Waals surface area (Å²) in [5.41, 5.74) is 1.34. The van der Waals surface area contributed by atoms with Gasteiger partial charge in [-0.25, -0.2) is 4.79 Å². The Hall–Kier alpha value is -1.55. The van der Waals surface area contributed by atoms with Crippen LogP contribution in [0.4, 0.5) is 0 Å². The van der Waals surface area contributed by atoms with Gasteiger partial charge in [0.05, 0.1) is 13.2 Å². The Morgan fingerprint density at radius 1 is 1.37 bits per heavy atom. The number of hydrogen-bond donors (Lipinski definition) is 1. The van der Waals surface area contributed by atoms with E-state index < -0.39 is 12.1 Å². The molecule has 1 aromatic rings. The lowest BCUT2D eigenvalue weighted by atomic mass is 10.0. The lowest BCUT2D eigenvalue weighted by molar-refractivity contribution is -0.150. The van der Waals surface area contributed by atoms with Crippen LogP contribution in [0.5, 0.6) is 5.75 Å². The summed E-state index contributed by atoms with van der Waals surface area (Å²) >= 11 is 0. The van der Waals surface area contributed by atoms with E-state index in [9.17, 15) is 9.90 Å². The molecule has 0 bridgehead atoms. The van der Waals surface area contributed by atoms with Gasteiger partial charge in [0.1, 0.15) is 5.75 Å². The predicted molar refractivity (Wildman–Crippen MR) is 71.0 cm³/mol. The number of ether oxygens (including phenoxy) is 2. The number of carbonyl (C=O) groups is 1. The highest BCUT2D eigenvalue weighted by Gasteiger charge is 2.26. The molecule has 0 heterocycles. The van der Waals surface area contributed by atoms with Crippen LogP contribution in [-0.4, -0.2) is 24.3 Å². The molecule has 1 aliphatic carbocycles. The molecule has 1 atom stereocenters. The molecule has 1 fully saturated rings. The van der Waals surface area contributed by atoms with Gasteiger partial charge in [0, 0.05) is 5.56 Å². The van der Waals surface area contributed by atoms with Crippen LogP contribution in [0.3, 0.4) is 0 Å². The third kappa shape index (κ3) is 3.07. The minimum atomic E-state index is -1.29. The van der Waals surface area contributed by atoms with E-state index in [4.69, 9.17) is 4.74 Å². The van der Waals surface area contributed by atoms with Crippen LogP contribution in [0, 0.1) is 6.92 Å². The number of esters is 1. The van der Waals surface area contributed by atoms with Gasteiger partial charge < -0.3 is 14.6 Å². The zero-order valence-corrected chi connectivity index (χ0v) is 11.4. The van der Waals surface area contributed by atoms with E-state index in [1.165, 1.54) is 20.0 Å². The molecule has 0 aromatic heterocycles. The molecule has 0 aliphatic heterocycles. The summed E-state index contributed by atoms with van der Waals surface area (Å²) in [4.78, 5) is 11.5. The van der Waals surface area contributed by atoms with E-state index in [0.29, 0.717) is 11.3 Å². The van der Waals surface area contributed by atoms with E-state index in [2.05, 4.69) is 4.74 Å². The van der Waals surface area contributed by atoms with Crippen molar-refractivity contribution in [1.82, 2.24) is 0 Å². The molecule has 0 amide bonds. The van der Waals surface area contributed by atoms with Crippen LogP contribution in [0.1, 0.15) is 42.9 Å². The van der Waals surface area contributed by atoms with Gasteiger partial charge in [0.15, 0.2) is 6.10 Å². The maximum absolute atomic E-state index is 11.5. The predicted octanol–water partition coefficient (Wildman–Crippen LogP) is 2.52. The van der Waals surface area contributed by atoms with Crippen LogP contribution in [0.15, 0.2) is 18.2 Å².